The summed E-state index contributed by atoms with van der Waals surface area (Å²) in [4.78, 5) is 23.4. The SMILES string of the molecule is Cc1ccc(C(=O)N/N=C\c2ccc(OCC(=O)OC(C)C)cc2)cc1. The highest BCUT2D eigenvalue weighted by atomic mass is 16.6. The molecule has 2 aromatic carbocycles. The molecule has 0 aliphatic heterocycles. The first-order valence-corrected chi connectivity index (χ1v) is 8.26. The van der Waals surface area contributed by atoms with Gasteiger partial charge in [0.05, 0.1) is 12.3 Å². The first-order valence-electron chi connectivity index (χ1n) is 8.26. The number of hydrogen-bond acceptors (Lipinski definition) is 5. The van der Waals surface area contributed by atoms with Crippen LogP contribution in [-0.2, 0) is 9.53 Å². The number of rotatable bonds is 7. The van der Waals surface area contributed by atoms with Gasteiger partial charge in [-0.3, -0.25) is 4.79 Å². The van der Waals surface area contributed by atoms with Crippen LogP contribution >= 0.6 is 0 Å². The summed E-state index contributed by atoms with van der Waals surface area (Å²) in [6.45, 7) is 5.38. The topological polar surface area (TPSA) is 77.0 Å². The molecule has 6 nitrogen and oxygen atoms in total. The van der Waals surface area contributed by atoms with Crippen LogP contribution in [0.5, 0.6) is 5.75 Å². The lowest BCUT2D eigenvalue weighted by Gasteiger charge is -2.09. The molecule has 0 bridgehead atoms. The van der Waals surface area contributed by atoms with Crippen molar-refractivity contribution in [3.8, 4) is 5.75 Å². The molecule has 0 spiro atoms. The van der Waals surface area contributed by atoms with Crippen molar-refractivity contribution in [3.05, 3.63) is 65.2 Å². The molecule has 0 radical (unpaired) electrons. The molecule has 6 heteroatoms. The maximum atomic E-state index is 11.9. The van der Waals surface area contributed by atoms with Gasteiger partial charge in [0, 0.05) is 5.56 Å². The molecule has 0 aliphatic rings. The number of benzene rings is 2. The summed E-state index contributed by atoms with van der Waals surface area (Å²) in [5.74, 6) is -0.138. The lowest BCUT2D eigenvalue weighted by molar-refractivity contribution is -0.149. The standard InChI is InChI=1S/C20H22N2O4/c1-14(2)26-19(23)13-25-18-10-6-16(7-11-18)12-21-22-20(24)17-8-4-15(3)5-9-17/h4-12,14H,13H2,1-3H3,(H,22,24)/b21-12-. The minimum atomic E-state index is -0.413. The molecule has 2 aromatic rings. The molecule has 1 amide bonds. The van der Waals surface area contributed by atoms with Gasteiger partial charge in [-0.05, 0) is 62.7 Å². The molecule has 0 unspecified atom stereocenters. The number of hydrogen-bond donors (Lipinski definition) is 1. The Labute approximate surface area is 152 Å². The smallest absolute Gasteiger partial charge is 0.344 e. The quantitative estimate of drug-likeness (QED) is 0.471. The molecule has 0 fully saturated rings. The van der Waals surface area contributed by atoms with Crippen LogP contribution in [-0.4, -0.2) is 30.8 Å². The van der Waals surface area contributed by atoms with Crippen molar-refractivity contribution < 1.29 is 19.1 Å². The van der Waals surface area contributed by atoms with Crippen molar-refractivity contribution in [1.82, 2.24) is 5.43 Å². The fraction of sp³-hybridized carbons (Fsp3) is 0.250. The van der Waals surface area contributed by atoms with Crippen molar-refractivity contribution in [2.45, 2.75) is 26.9 Å². The summed E-state index contributed by atoms with van der Waals surface area (Å²) in [5, 5.41) is 3.94. The molecule has 0 aliphatic carbocycles. The van der Waals surface area contributed by atoms with Crippen molar-refractivity contribution >= 4 is 18.1 Å². The van der Waals surface area contributed by atoms with Crippen LogP contribution in [0.3, 0.4) is 0 Å². The summed E-state index contributed by atoms with van der Waals surface area (Å²) < 4.78 is 10.3. The molecule has 0 saturated heterocycles. The fourth-order valence-electron chi connectivity index (χ4n) is 2.02. The monoisotopic (exact) mass is 354 g/mol. The second-order valence-electron chi connectivity index (χ2n) is 5.96. The number of aryl methyl sites for hydroxylation is 1. The van der Waals surface area contributed by atoms with E-state index in [1.165, 1.54) is 6.21 Å². The molecule has 26 heavy (non-hydrogen) atoms. The first kappa shape index (κ1) is 19.2. The number of nitrogens with one attached hydrogen (secondary N) is 1. The van der Waals surface area contributed by atoms with Gasteiger partial charge in [0.2, 0.25) is 0 Å². The number of nitrogens with zero attached hydrogens (tertiary/aromatic N) is 1. The molecular weight excluding hydrogens is 332 g/mol. The molecule has 0 aromatic heterocycles. The third kappa shape index (κ3) is 6.39. The van der Waals surface area contributed by atoms with Gasteiger partial charge >= 0.3 is 5.97 Å². The van der Waals surface area contributed by atoms with Crippen LogP contribution in [0, 0.1) is 6.92 Å². The van der Waals surface area contributed by atoms with Crippen molar-refractivity contribution in [3.63, 3.8) is 0 Å². The van der Waals surface area contributed by atoms with Crippen LogP contribution in [0.2, 0.25) is 0 Å². The zero-order chi connectivity index (χ0) is 18.9. The first-order chi connectivity index (χ1) is 12.4. The second kappa shape index (κ2) is 9.36. The Bertz CT molecular complexity index is 765. The summed E-state index contributed by atoms with van der Waals surface area (Å²) >= 11 is 0. The van der Waals surface area contributed by atoms with Crippen molar-refractivity contribution in [2.24, 2.45) is 5.10 Å². The van der Waals surface area contributed by atoms with Crippen LogP contribution < -0.4 is 10.2 Å². The Morgan fingerprint density at radius 1 is 1.08 bits per heavy atom. The van der Waals surface area contributed by atoms with Gasteiger partial charge in [-0.15, -0.1) is 0 Å². The van der Waals surface area contributed by atoms with Gasteiger partial charge in [0.1, 0.15) is 5.75 Å². The third-order valence-corrected chi connectivity index (χ3v) is 3.30. The zero-order valence-electron chi connectivity index (χ0n) is 15.1. The predicted molar refractivity (Wildman–Crippen MR) is 99.4 cm³/mol. The highest BCUT2D eigenvalue weighted by Crippen LogP contribution is 2.11. The van der Waals surface area contributed by atoms with Crippen LogP contribution in [0.25, 0.3) is 0 Å². The molecule has 1 N–H and O–H groups in total. The largest absolute Gasteiger partial charge is 0.482 e. The van der Waals surface area contributed by atoms with Gasteiger partial charge < -0.3 is 9.47 Å². The number of carbonyl (C=O) groups is 2. The van der Waals surface area contributed by atoms with E-state index in [0.717, 1.165) is 11.1 Å². The molecule has 0 saturated carbocycles. The normalized spacial score (nSPS) is 10.8. The lowest BCUT2D eigenvalue weighted by Crippen LogP contribution is -2.18. The zero-order valence-corrected chi connectivity index (χ0v) is 15.1. The second-order valence-corrected chi connectivity index (χ2v) is 5.96. The summed E-state index contributed by atoms with van der Waals surface area (Å²) in [5.41, 5.74) is 4.90. The Kier molecular flexibility index (Phi) is 6.91. The van der Waals surface area contributed by atoms with E-state index in [-0.39, 0.29) is 18.6 Å². The van der Waals surface area contributed by atoms with Gasteiger partial charge in [0.15, 0.2) is 6.61 Å². The van der Waals surface area contributed by atoms with Crippen molar-refractivity contribution in [1.29, 1.82) is 0 Å². The van der Waals surface area contributed by atoms with Crippen molar-refractivity contribution in [2.75, 3.05) is 6.61 Å². The Balaban J connectivity index is 1.82. The lowest BCUT2D eigenvalue weighted by atomic mass is 10.1. The number of carbonyl (C=O) groups excluding carboxylic acids is 2. The molecule has 136 valence electrons. The number of esters is 1. The van der Waals surface area contributed by atoms with Crippen LogP contribution in [0.4, 0.5) is 0 Å². The summed E-state index contributed by atoms with van der Waals surface area (Å²) in [6.07, 6.45) is 1.36. The Morgan fingerprint density at radius 2 is 1.73 bits per heavy atom. The predicted octanol–water partition coefficient (Wildman–Crippen LogP) is 3.09. The third-order valence-electron chi connectivity index (χ3n) is 3.30. The summed E-state index contributed by atoms with van der Waals surface area (Å²) in [6, 6.07) is 14.2. The van der Waals surface area contributed by atoms with E-state index in [2.05, 4.69) is 10.5 Å². The van der Waals surface area contributed by atoms with E-state index >= 15 is 0 Å². The van der Waals surface area contributed by atoms with E-state index < -0.39 is 5.97 Å². The van der Waals surface area contributed by atoms with E-state index in [1.807, 2.05) is 19.1 Å². The highest BCUT2D eigenvalue weighted by molar-refractivity contribution is 5.94. The Morgan fingerprint density at radius 3 is 2.35 bits per heavy atom. The average Bonchev–Trinajstić information content (AvgIpc) is 2.61. The number of amides is 1. The minimum absolute atomic E-state index is 0.141. The maximum Gasteiger partial charge on any atom is 0.344 e. The van der Waals surface area contributed by atoms with Gasteiger partial charge in [-0.1, -0.05) is 17.7 Å². The fourth-order valence-corrected chi connectivity index (χ4v) is 2.02. The minimum Gasteiger partial charge on any atom is -0.482 e. The molecule has 2 rings (SSSR count). The van der Waals surface area contributed by atoms with E-state index in [1.54, 1.807) is 50.2 Å². The van der Waals surface area contributed by atoms with E-state index in [4.69, 9.17) is 9.47 Å². The molecule has 0 atom stereocenters. The van der Waals surface area contributed by atoms with Crippen LogP contribution in [0.15, 0.2) is 53.6 Å². The van der Waals surface area contributed by atoms with E-state index in [9.17, 15) is 9.59 Å². The number of ether oxygens (including phenoxy) is 2. The van der Waals surface area contributed by atoms with Crippen LogP contribution in [0.1, 0.15) is 35.3 Å². The van der Waals surface area contributed by atoms with Gasteiger partial charge in [0.25, 0.3) is 5.91 Å². The molecule has 0 heterocycles. The van der Waals surface area contributed by atoms with Gasteiger partial charge in [-0.25, -0.2) is 10.2 Å². The average molecular weight is 354 g/mol. The molecular formula is C20H22N2O4. The Hall–Kier alpha value is -3.15. The highest BCUT2D eigenvalue weighted by Gasteiger charge is 2.06. The number of hydrazone groups is 1. The van der Waals surface area contributed by atoms with Gasteiger partial charge in [-0.2, -0.15) is 5.10 Å². The maximum absolute atomic E-state index is 11.9. The van der Waals surface area contributed by atoms with E-state index in [0.29, 0.717) is 11.3 Å². The summed E-state index contributed by atoms with van der Waals surface area (Å²) in [7, 11) is 0.